The summed E-state index contributed by atoms with van der Waals surface area (Å²) in [6.07, 6.45) is 2.09. The van der Waals surface area contributed by atoms with Gasteiger partial charge in [-0.15, -0.1) is 0 Å². The van der Waals surface area contributed by atoms with Gasteiger partial charge in [0.2, 0.25) is 6.41 Å². The summed E-state index contributed by atoms with van der Waals surface area (Å²) < 4.78 is 7.69. The number of hydrogen-bond acceptors (Lipinski definition) is 6. The van der Waals surface area contributed by atoms with E-state index < -0.39 is 6.03 Å². The largest absolute Gasteiger partial charge is 0.455 e. The van der Waals surface area contributed by atoms with Crippen molar-refractivity contribution in [1.82, 2.24) is 14.8 Å². The zero-order valence-corrected chi connectivity index (χ0v) is 22.0. The molecule has 38 heavy (non-hydrogen) atoms. The van der Waals surface area contributed by atoms with Gasteiger partial charge in [0.05, 0.1) is 11.4 Å². The van der Waals surface area contributed by atoms with Gasteiger partial charge in [0.15, 0.2) is 11.6 Å². The van der Waals surface area contributed by atoms with Crippen molar-refractivity contribution in [1.29, 1.82) is 0 Å². The minimum atomic E-state index is -0.399. The van der Waals surface area contributed by atoms with E-state index in [1.54, 1.807) is 42.1 Å². The van der Waals surface area contributed by atoms with Crippen LogP contribution in [0.25, 0.3) is 5.69 Å². The van der Waals surface area contributed by atoms with Crippen molar-refractivity contribution < 1.29 is 14.3 Å². The average molecular weight is 514 g/mol. The average Bonchev–Trinajstić information content (AvgIpc) is 3.30. The number of benzene rings is 2. The van der Waals surface area contributed by atoms with Crippen LogP contribution >= 0.6 is 0 Å². The molecule has 196 valence electrons. The second kappa shape index (κ2) is 11.0. The maximum absolute atomic E-state index is 12.9. The summed E-state index contributed by atoms with van der Waals surface area (Å²) in [7, 11) is 1.71. The molecule has 0 spiro atoms. The Morgan fingerprint density at radius 1 is 1.00 bits per heavy atom. The lowest BCUT2D eigenvalue weighted by Crippen LogP contribution is -2.21. The number of ether oxygens (including phenoxy) is 1. The van der Waals surface area contributed by atoms with Gasteiger partial charge < -0.3 is 20.7 Å². The highest BCUT2D eigenvalue weighted by Crippen LogP contribution is 2.34. The van der Waals surface area contributed by atoms with Crippen LogP contribution in [-0.4, -0.2) is 34.3 Å². The van der Waals surface area contributed by atoms with Crippen molar-refractivity contribution in [2.24, 2.45) is 0 Å². The summed E-state index contributed by atoms with van der Waals surface area (Å²) in [6.45, 7) is 8.25. The molecule has 4 N–H and O–H groups in total. The zero-order chi connectivity index (χ0) is 27.3. The molecule has 0 bridgehead atoms. The quantitative estimate of drug-likeness (QED) is 0.217. The first kappa shape index (κ1) is 26.2. The first-order valence-electron chi connectivity index (χ1n) is 12.1. The predicted molar refractivity (Wildman–Crippen MR) is 150 cm³/mol. The molecule has 2 heterocycles. The SMILES string of the molecule is CNc1c(Oc2ccc(NC(=O)Nc3cc(C(C)(C)C)nn3-c3ccc(C)cc3)cc2)ccnc1NC=O. The number of aryl methyl sites for hydroxylation is 1. The fourth-order valence-electron chi connectivity index (χ4n) is 3.67. The fourth-order valence-corrected chi connectivity index (χ4v) is 3.67. The molecular formula is C28H31N7O3. The lowest BCUT2D eigenvalue weighted by atomic mass is 9.92. The van der Waals surface area contributed by atoms with Crippen molar-refractivity contribution in [2.45, 2.75) is 33.1 Å². The second-order valence-corrected chi connectivity index (χ2v) is 9.66. The van der Waals surface area contributed by atoms with Crippen LogP contribution in [0.5, 0.6) is 11.5 Å². The summed E-state index contributed by atoms with van der Waals surface area (Å²) in [4.78, 5) is 27.8. The molecule has 4 aromatic rings. The Balaban J connectivity index is 1.48. The number of hydrogen-bond donors (Lipinski definition) is 4. The molecular weight excluding hydrogens is 482 g/mol. The van der Waals surface area contributed by atoms with Crippen molar-refractivity contribution in [3.8, 4) is 17.2 Å². The Morgan fingerprint density at radius 3 is 2.34 bits per heavy atom. The summed E-state index contributed by atoms with van der Waals surface area (Å²) in [6, 6.07) is 18.1. The van der Waals surface area contributed by atoms with E-state index in [2.05, 4.69) is 47.0 Å². The Labute approximate surface area is 221 Å². The van der Waals surface area contributed by atoms with Gasteiger partial charge in [-0.1, -0.05) is 38.5 Å². The lowest BCUT2D eigenvalue weighted by molar-refractivity contribution is -0.105. The van der Waals surface area contributed by atoms with Crippen LogP contribution in [-0.2, 0) is 10.2 Å². The van der Waals surface area contributed by atoms with Crippen LogP contribution in [0.2, 0.25) is 0 Å². The highest BCUT2D eigenvalue weighted by molar-refractivity contribution is 5.99. The van der Waals surface area contributed by atoms with E-state index in [1.807, 2.05) is 37.3 Å². The van der Waals surface area contributed by atoms with Gasteiger partial charge in [-0.2, -0.15) is 5.10 Å². The van der Waals surface area contributed by atoms with Gasteiger partial charge in [-0.05, 0) is 43.3 Å². The molecule has 0 saturated carbocycles. The maximum atomic E-state index is 12.9. The molecule has 4 rings (SSSR count). The fraction of sp³-hybridized carbons (Fsp3) is 0.214. The van der Waals surface area contributed by atoms with E-state index >= 15 is 0 Å². The van der Waals surface area contributed by atoms with E-state index in [4.69, 9.17) is 9.84 Å². The molecule has 0 atom stereocenters. The summed E-state index contributed by atoms with van der Waals surface area (Å²) in [5, 5.41) is 16.0. The predicted octanol–water partition coefficient (Wildman–Crippen LogP) is 5.92. The van der Waals surface area contributed by atoms with Gasteiger partial charge in [-0.3, -0.25) is 10.1 Å². The minimum absolute atomic E-state index is 0.190. The first-order valence-corrected chi connectivity index (χ1v) is 12.1. The standard InChI is InChI=1S/C28H31N7O3/c1-18-6-10-20(11-7-18)35-24(16-23(34-35)28(2,3)4)33-27(37)32-19-8-12-21(13-9-19)38-22-14-15-30-26(31-17-36)25(22)29-5/h6-17,29H,1-5H3,(H,30,31,36)(H2,32,33,37). The Hall–Kier alpha value is -4.86. The second-order valence-electron chi connectivity index (χ2n) is 9.66. The minimum Gasteiger partial charge on any atom is -0.455 e. The van der Waals surface area contributed by atoms with Crippen molar-refractivity contribution >= 4 is 35.5 Å². The van der Waals surface area contributed by atoms with Gasteiger partial charge in [0, 0.05) is 36.5 Å². The first-order chi connectivity index (χ1) is 18.2. The topological polar surface area (TPSA) is 122 Å². The summed E-state index contributed by atoms with van der Waals surface area (Å²) in [5.41, 5.74) is 3.79. The van der Waals surface area contributed by atoms with Gasteiger partial charge >= 0.3 is 6.03 Å². The number of rotatable bonds is 8. The highest BCUT2D eigenvalue weighted by atomic mass is 16.5. The van der Waals surface area contributed by atoms with Crippen LogP contribution < -0.4 is 26.0 Å². The number of urea groups is 1. The molecule has 2 aromatic carbocycles. The smallest absolute Gasteiger partial charge is 0.324 e. The highest BCUT2D eigenvalue weighted by Gasteiger charge is 2.21. The molecule has 0 radical (unpaired) electrons. The monoisotopic (exact) mass is 513 g/mol. The van der Waals surface area contributed by atoms with Crippen LogP contribution in [0.4, 0.5) is 27.8 Å². The molecule has 0 unspecified atom stereocenters. The molecule has 0 saturated heterocycles. The van der Waals surface area contributed by atoms with Crippen LogP contribution in [0, 0.1) is 6.92 Å². The van der Waals surface area contributed by atoms with Crippen LogP contribution in [0.15, 0.2) is 66.9 Å². The third-order valence-corrected chi connectivity index (χ3v) is 5.70. The zero-order valence-electron chi connectivity index (χ0n) is 22.0. The molecule has 10 nitrogen and oxygen atoms in total. The maximum Gasteiger partial charge on any atom is 0.324 e. The van der Waals surface area contributed by atoms with Crippen LogP contribution in [0.1, 0.15) is 32.0 Å². The van der Waals surface area contributed by atoms with E-state index in [1.165, 1.54) is 6.20 Å². The number of pyridine rings is 1. The van der Waals surface area contributed by atoms with E-state index in [0.29, 0.717) is 40.9 Å². The van der Waals surface area contributed by atoms with Crippen LogP contribution in [0.3, 0.4) is 0 Å². The number of carbonyl (C=O) groups is 2. The number of aromatic nitrogens is 3. The molecule has 2 aromatic heterocycles. The third kappa shape index (κ3) is 6.09. The molecule has 3 amide bonds. The molecule has 0 aliphatic heterocycles. The van der Waals surface area contributed by atoms with Gasteiger partial charge in [0.25, 0.3) is 0 Å². The number of amides is 3. The third-order valence-electron chi connectivity index (χ3n) is 5.70. The van der Waals surface area contributed by atoms with Gasteiger partial charge in [-0.25, -0.2) is 14.5 Å². The number of nitrogens with zero attached hydrogens (tertiary/aromatic N) is 3. The lowest BCUT2D eigenvalue weighted by Gasteiger charge is -2.14. The number of nitrogens with one attached hydrogen (secondary N) is 4. The molecule has 10 heteroatoms. The number of anilines is 4. The molecule has 0 aliphatic carbocycles. The summed E-state index contributed by atoms with van der Waals surface area (Å²) >= 11 is 0. The van der Waals surface area contributed by atoms with Crippen molar-refractivity contribution in [3.05, 3.63) is 78.1 Å². The Morgan fingerprint density at radius 2 is 1.71 bits per heavy atom. The molecule has 0 fully saturated rings. The van der Waals surface area contributed by atoms with E-state index in [0.717, 1.165) is 16.9 Å². The Bertz CT molecular complexity index is 1420. The Kier molecular flexibility index (Phi) is 7.61. The van der Waals surface area contributed by atoms with Gasteiger partial charge in [0.1, 0.15) is 17.3 Å². The van der Waals surface area contributed by atoms with Crippen molar-refractivity contribution in [2.75, 3.05) is 28.3 Å². The number of carbonyl (C=O) groups excluding carboxylic acids is 2. The summed E-state index contributed by atoms with van der Waals surface area (Å²) in [5.74, 6) is 1.95. The van der Waals surface area contributed by atoms with E-state index in [9.17, 15) is 9.59 Å². The van der Waals surface area contributed by atoms with E-state index in [-0.39, 0.29) is 5.41 Å². The normalized spacial score (nSPS) is 11.0. The van der Waals surface area contributed by atoms with Crippen molar-refractivity contribution in [3.63, 3.8) is 0 Å². The molecule has 0 aliphatic rings.